The molecular formula is C20H25N3O2. The van der Waals surface area contributed by atoms with Crippen molar-refractivity contribution in [1.82, 2.24) is 10.2 Å². The fourth-order valence-electron chi connectivity index (χ4n) is 4.03. The summed E-state index contributed by atoms with van der Waals surface area (Å²) in [7, 11) is 0. The second-order valence-corrected chi connectivity index (χ2v) is 7.00. The minimum atomic E-state index is -0.110. The Hall–Kier alpha value is -2.35. The van der Waals surface area contributed by atoms with Crippen LogP contribution in [0.15, 0.2) is 24.3 Å². The molecule has 2 atom stereocenters. The summed E-state index contributed by atoms with van der Waals surface area (Å²) in [6.45, 7) is 1.42. The largest absolute Gasteiger partial charge is 0.356 e. The monoisotopic (exact) mass is 339 g/mol. The molecule has 25 heavy (non-hydrogen) atoms. The van der Waals surface area contributed by atoms with Crippen molar-refractivity contribution in [2.75, 3.05) is 13.1 Å². The van der Waals surface area contributed by atoms with Crippen LogP contribution in [0.4, 0.5) is 0 Å². The van der Waals surface area contributed by atoms with Crippen LogP contribution in [-0.2, 0) is 4.79 Å². The van der Waals surface area contributed by atoms with Gasteiger partial charge in [-0.3, -0.25) is 9.59 Å². The second-order valence-electron chi connectivity index (χ2n) is 7.00. The van der Waals surface area contributed by atoms with E-state index in [1.807, 2.05) is 4.90 Å². The lowest BCUT2D eigenvalue weighted by molar-refractivity contribution is -0.126. The van der Waals surface area contributed by atoms with Gasteiger partial charge in [-0.2, -0.15) is 5.26 Å². The Balaban J connectivity index is 1.87. The van der Waals surface area contributed by atoms with E-state index < -0.39 is 0 Å². The predicted molar refractivity (Wildman–Crippen MR) is 94.8 cm³/mol. The first-order valence-corrected chi connectivity index (χ1v) is 9.29. The molecule has 1 saturated carbocycles. The normalized spacial score (nSPS) is 24.6. The standard InChI is InChI=1S/C20H25N3O2/c21-14-15-7-5-8-16(13-15)20(25)23-12-4-2-1-3-11-22-19(24)17-9-6-10-18(17)23/h5,7-8,13,17-18H,1-4,6,9-12H2,(H,22,24)/t17-,18+/m1/s1. The topological polar surface area (TPSA) is 73.2 Å². The summed E-state index contributed by atoms with van der Waals surface area (Å²) in [4.78, 5) is 27.6. The van der Waals surface area contributed by atoms with Gasteiger partial charge in [-0.1, -0.05) is 25.3 Å². The van der Waals surface area contributed by atoms with Gasteiger partial charge in [-0.05, 0) is 43.9 Å². The highest BCUT2D eigenvalue weighted by atomic mass is 16.2. The Labute approximate surface area is 149 Å². The van der Waals surface area contributed by atoms with E-state index in [-0.39, 0.29) is 23.8 Å². The Morgan fingerprint density at radius 3 is 2.84 bits per heavy atom. The minimum absolute atomic E-state index is 0.0312. The number of carbonyl (C=O) groups excluding carboxylic acids is 2. The van der Waals surface area contributed by atoms with Crippen molar-refractivity contribution in [2.24, 2.45) is 5.92 Å². The van der Waals surface area contributed by atoms with Gasteiger partial charge in [0.2, 0.25) is 5.91 Å². The molecule has 0 spiro atoms. The fourth-order valence-corrected chi connectivity index (χ4v) is 4.03. The zero-order valence-corrected chi connectivity index (χ0v) is 14.5. The van der Waals surface area contributed by atoms with Gasteiger partial charge >= 0.3 is 0 Å². The quantitative estimate of drug-likeness (QED) is 0.855. The predicted octanol–water partition coefficient (Wildman–Crippen LogP) is 2.86. The molecule has 0 radical (unpaired) electrons. The molecule has 1 aliphatic carbocycles. The van der Waals surface area contributed by atoms with Crippen LogP contribution in [0.5, 0.6) is 0 Å². The van der Waals surface area contributed by atoms with E-state index >= 15 is 0 Å². The SMILES string of the molecule is N#Cc1cccc(C(=O)N2CCCCCCNC(=O)[C@@H]3CCC[C@@H]32)c1. The number of nitriles is 1. The van der Waals surface area contributed by atoms with Crippen molar-refractivity contribution in [3.05, 3.63) is 35.4 Å². The number of carbonyl (C=O) groups is 2. The van der Waals surface area contributed by atoms with Crippen LogP contribution in [0.3, 0.4) is 0 Å². The number of hydrogen-bond acceptors (Lipinski definition) is 3. The first kappa shape index (κ1) is 17.5. The molecule has 1 aliphatic heterocycles. The summed E-state index contributed by atoms with van der Waals surface area (Å²) in [6, 6.07) is 8.92. The van der Waals surface area contributed by atoms with Crippen LogP contribution in [0.1, 0.15) is 60.9 Å². The number of rotatable bonds is 1. The van der Waals surface area contributed by atoms with E-state index in [1.165, 1.54) is 0 Å². The van der Waals surface area contributed by atoms with Crippen molar-refractivity contribution < 1.29 is 9.59 Å². The van der Waals surface area contributed by atoms with Gasteiger partial charge in [0.1, 0.15) is 0 Å². The van der Waals surface area contributed by atoms with Gasteiger partial charge in [0.15, 0.2) is 0 Å². The molecule has 5 heteroatoms. The molecule has 0 unspecified atom stereocenters. The summed E-state index contributed by atoms with van der Waals surface area (Å²) in [5, 5.41) is 12.1. The summed E-state index contributed by atoms with van der Waals surface area (Å²) >= 11 is 0. The van der Waals surface area contributed by atoms with Crippen LogP contribution in [-0.4, -0.2) is 35.8 Å². The van der Waals surface area contributed by atoms with Gasteiger partial charge in [0, 0.05) is 24.7 Å². The first-order chi connectivity index (χ1) is 12.2. The summed E-state index contributed by atoms with van der Waals surface area (Å²) in [5.41, 5.74) is 1.03. The highest BCUT2D eigenvalue weighted by Gasteiger charge is 2.38. The number of fused-ring (bicyclic) bond motifs is 1. The summed E-state index contributed by atoms with van der Waals surface area (Å²) in [5.74, 6) is -0.0739. The third kappa shape index (κ3) is 4.01. The number of benzene rings is 1. The maximum atomic E-state index is 13.2. The molecule has 2 amide bonds. The van der Waals surface area contributed by atoms with Crippen molar-refractivity contribution in [1.29, 1.82) is 5.26 Å². The second kappa shape index (κ2) is 8.15. The van der Waals surface area contributed by atoms with Gasteiger partial charge in [-0.15, -0.1) is 0 Å². The maximum absolute atomic E-state index is 13.2. The van der Waals surface area contributed by atoms with E-state index in [0.717, 1.165) is 51.5 Å². The molecule has 1 saturated heterocycles. The zero-order chi connectivity index (χ0) is 17.6. The van der Waals surface area contributed by atoms with Crippen LogP contribution >= 0.6 is 0 Å². The third-order valence-corrected chi connectivity index (χ3v) is 5.34. The van der Waals surface area contributed by atoms with E-state index in [1.54, 1.807) is 24.3 Å². The number of nitrogens with one attached hydrogen (secondary N) is 1. The number of nitrogens with zero attached hydrogens (tertiary/aromatic N) is 2. The summed E-state index contributed by atoms with van der Waals surface area (Å²) < 4.78 is 0. The zero-order valence-electron chi connectivity index (χ0n) is 14.5. The Morgan fingerprint density at radius 1 is 1.16 bits per heavy atom. The molecule has 5 nitrogen and oxygen atoms in total. The van der Waals surface area contributed by atoms with Crippen molar-refractivity contribution in [3.8, 4) is 6.07 Å². The van der Waals surface area contributed by atoms with Crippen molar-refractivity contribution in [2.45, 2.75) is 51.0 Å². The lowest BCUT2D eigenvalue weighted by Gasteiger charge is -2.32. The first-order valence-electron chi connectivity index (χ1n) is 9.29. The Morgan fingerprint density at radius 2 is 2.00 bits per heavy atom. The fraction of sp³-hybridized carbons (Fsp3) is 0.550. The van der Waals surface area contributed by atoms with Crippen LogP contribution in [0, 0.1) is 17.2 Å². The highest BCUT2D eigenvalue weighted by molar-refractivity contribution is 5.95. The van der Waals surface area contributed by atoms with Crippen LogP contribution < -0.4 is 5.32 Å². The molecule has 1 aromatic carbocycles. The lowest BCUT2D eigenvalue weighted by Crippen LogP contribution is -2.47. The molecule has 1 heterocycles. The number of amides is 2. The van der Waals surface area contributed by atoms with E-state index in [0.29, 0.717) is 17.7 Å². The highest BCUT2D eigenvalue weighted by Crippen LogP contribution is 2.32. The molecule has 132 valence electrons. The van der Waals surface area contributed by atoms with Gasteiger partial charge in [0.05, 0.1) is 17.6 Å². The Bertz CT molecular complexity index is 680. The maximum Gasteiger partial charge on any atom is 0.254 e. The average Bonchev–Trinajstić information content (AvgIpc) is 3.11. The lowest BCUT2D eigenvalue weighted by atomic mass is 9.99. The molecular weight excluding hydrogens is 314 g/mol. The van der Waals surface area contributed by atoms with E-state index in [2.05, 4.69) is 11.4 Å². The van der Waals surface area contributed by atoms with Crippen LogP contribution in [0.25, 0.3) is 0 Å². The molecule has 3 rings (SSSR count). The molecule has 0 aromatic heterocycles. The third-order valence-electron chi connectivity index (χ3n) is 5.34. The molecule has 2 fully saturated rings. The average molecular weight is 339 g/mol. The minimum Gasteiger partial charge on any atom is -0.356 e. The number of hydrogen-bond donors (Lipinski definition) is 1. The van der Waals surface area contributed by atoms with Gasteiger partial charge < -0.3 is 10.2 Å². The van der Waals surface area contributed by atoms with E-state index in [4.69, 9.17) is 5.26 Å². The smallest absolute Gasteiger partial charge is 0.254 e. The van der Waals surface area contributed by atoms with Gasteiger partial charge in [0.25, 0.3) is 5.91 Å². The molecule has 1 aromatic rings. The molecule has 2 aliphatic rings. The van der Waals surface area contributed by atoms with E-state index in [9.17, 15) is 9.59 Å². The Kier molecular flexibility index (Phi) is 5.70. The molecule has 1 N–H and O–H groups in total. The van der Waals surface area contributed by atoms with Crippen LogP contribution in [0.2, 0.25) is 0 Å². The molecule has 0 bridgehead atoms. The summed E-state index contributed by atoms with van der Waals surface area (Å²) in [6.07, 6.45) is 6.80. The van der Waals surface area contributed by atoms with Crippen molar-refractivity contribution >= 4 is 11.8 Å². The van der Waals surface area contributed by atoms with Gasteiger partial charge in [-0.25, -0.2) is 0 Å². The van der Waals surface area contributed by atoms with Crippen molar-refractivity contribution in [3.63, 3.8) is 0 Å².